The lowest BCUT2D eigenvalue weighted by molar-refractivity contribution is -0.142. The normalized spacial score (nSPS) is 30.0. The van der Waals surface area contributed by atoms with Crippen LogP contribution in [0, 0.1) is 29.4 Å². The van der Waals surface area contributed by atoms with Gasteiger partial charge in [-0.3, -0.25) is 0 Å². The van der Waals surface area contributed by atoms with Crippen LogP contribution in [0.1, 0.15) is 75.3 Å². The fraction of sp³-hybridized carbons (Fsp3) is 0.636. The highest BCUT2D eigenvalue weighted by Crippen LogP contribution is 2.40. The molecule has 0 spiro atoms. The fourth-order valence-electron chi connectivity index (χ4n) is 4.54. The summed E-state index contributed by atoms with van der Waals surface area (Å²) in [7, 11) is 0. The van der Waals surface area contributed by atoms with Gasteiger partial charge in [-0.15, -0.1) is 0 Å². The lowest BCUT2D eigenvalue weighted by Crippen LogP contribution is -2.16. The molecular weight excluding hydrogens is 359 g/mol. The molecule has 150 valence electrons. The summed E-state index contributed by atoms with van der Waals surface area (Å²) in [6.07, 6.45) is 8.02. The van der Waals surface area contributed by atoms with E-state index in [0.717, 1.165) is 43.7 Å². The zero-order valence-electron chi connectivity index (χ0n) is 15.7. The first-order valence-corrected chi connectivity index (χ1v) is 9.98. The van der Waals surface area contributed by atoms with E-state index in [2.05, 4.69) is 19.1 Å². The number of hydrogen-bond donors (Lipinski definition) is 0. The summed E-state index contributed by atoms with van der Waals surface area (Å²) in [4.78, 5) is 0. The summed E-state index contributed by atoms with van der Waals surface area (Å²) < 4.78 is 65.8. The zero-order valence-corrected chi connectivity index (χ0v) is 15.7. The van der Waals surface area contributed by atoms with Crippen LogP contribution in [0.5, 0.6) is 0 Å². The van der Waals surface area contributed by atoms with E-state index in [9.17, 15) is 22.0 Å². The van der Waals surface area contributed by atoms with E-state index in [4.69, 9.17) is 0 Å². The topological polar surface area (TPSA) is 0 Å². The summed E-state index contributed by atoms with van der Waals surface area (Å²) in [5.41, 5.74) is -1.44. The van der Waals surface area contributed by atoms with E-state index in [0.29, 0.717) is 17.4 Å². The van der Waals surface area contributed by atoms with Crippen LogP contribution in [-0.2, 0) is 6.18 Å². The SMILES string of the molecule is C[C@H]1CC[C@H](/C=C/[C@H]2CC[C@H](c3cc(F)c(C(F)(F)F)c(F)c3)CC2)CC1. The van der Waals surface area contributed by atoms with Crippen LogP contribution in [0.4, 0.5) is 22.0 Å². The molecule has 0 N–H and O–H groups in total. The van der Waals surface area contributed by atoms with Gasteiger partial charge in [0.05, 0.1) is 0 Å². The number of allylic oxidation sites excluding steroid dienone is 2. The van der Waals surface area contributed by atoms with Crippen LogP contribution in [-0.4, -0.2) is 0 Å². The van der Waals surface area contributed by atoms with E-state index >= 15 is 0 Å². The monoisotopic (exact) mass is 386 g/mol. The Labute approximate surface area is 157 Å². The summed E-state index contributed by atoms with van der Waals surface area (Å²) in [5, 5.41) is 0. The first-order valence-electron chi connectivity index (χ1n) is 9.98. The van der Waals surface area contributed by atoms with Crippen molar-refractivity contribution in [2.75, 3.05) is 0 Å². The van der Waals surface area contributed by atoms with Crippen molar-refractivity contribution in [2.24, 2.45) is 17.8 Å². The molecule has 0 aliphatic heterocycles. The van der Waals surface area contributed by atoms with Gasteiger partial charge < -0.3 is 0 Å². The van der Waals surface area contributed by atoms with Crippen LogP contribution >= 0.6 is 0 Å². The minimum absolute atomic E-state index is 0.0727. The first-order chi connectivity index (χ1) is 12.7. The average Bonchev–Trinajstić information content (AvgIpc) is 2.60. The molecule has 2 saturated carbocycles. The van der Waals surface area contributed by atoms with Gasteiger partial charge in [-0.05, 0) is 79.9 Å². The Morgan fingerprint density at radius 2 is 1.22 bits per heavy atom. The lowest BCUT2D eigenvalue weighted by atomic mass is 9.77. The number of benzene rings is 1. The summed E-state index contributed by atoms with van der Waals surface area (Å²) in [6, 6.07) is 1.74. The third-order valence-electron chi connectivity index (χ3n) is 6.31. The van der Waals surface area contributed by atoms with Crippen LogP contribution in [0.15, 0.2) is 24.3 Å². The highest BCUT2D eigenvalue weighted by atomic mass is 19.4. The molecule has 2 fully saturated rings. The van der Waals surface area contributed by atoms with Crippen molar-refractivity contribution in [3.63, 3.8) is 0 Å². The molecule has 1 aromatic carbocycles. The minimum atomic E-state index is -5.01. The van der Waals surface area contributed by atoms with Gasteiger partial charge in [0.25, 0.3) is 0 Å². The van der Waals surface area contributed by atoms with Crippen molar-refractivity contribution < 1.29 is 22.0 Å². The van der Waals surface area contributed by atoms with Gasteiger partial charge in [-0.2, -0.15) is 13.2 Å². The minimum Gasteiger partial charge on any atom is -0.206 e. The van der Waals surface area contributed by atoms with E-state index in [-0.39, 0.29) is 5.92 Å². The predicted octanol–water partition coefficient (Wildman–Crippen LogP) is 7.64. The molecule has 27 heavy (non-hydrogen) atoms. The van der Waals surface area contributed by atoms with Crippen LogP contribution in [0.25, 0.3) is 0 Å². The van der Waals surface area contributed by atoms with Crippen molar-refractivity contribution in [1.29, 1.82) is 0 Å². The third-order valence-corrected chi connectivity index (χ3v) is 6.31. The van der Waals surface area contributed by atoms with Gasteiger partial charge in [0.2, 0.25) is 0 Å². The Balaban J connectivity index is 1.58. The Kier molecular flexibility index (Phi) is 6.27. The molecule has 2 aliphatic rings. The number of alkyl halides is 3. The van der Waals surface area contributed by atoms with Gasteiger partial charge in [0.15, 0.2) is 0 Å². The van der Waals surface area contributed by atoms with E-state index in [1.54, 1.807) is 0 Å². The van der Waals surface area contributed by atoms with Crippen LogP contribution in [0.2, 0.25) is 0 Å². The van der Waals surface area contributed by atoms with Crippen molar-refractivity contribution in [3.8, 4) is 0 Å². The van der Waals surface area contributed by atoms with Crippen molar-refractivity contribution >= 4 is 0 Å². The smallest absolute Gasteiger partial charge is 0.206 e. The van der Waals surface area contributed by atoms with Crippen molar-refractivity contribution in [2.45, 2.75) is 70.4 Å². The molecule has 0 bridgehead atoms. The molecule has 0 saturated heterocycles. The van der Waals surface area contributed by atoms with Crippen molar-refractivity contribution in [1.82, 2.24) is 0 Å². The second-order valence-corrected chi connectivity index (χ2v) is 8.37. The van der Waals surface area contributed by atoms with Crippen LogP contribution < -0.4 is 0 Å². The lowest BCUT2D eigenvalue weighted by Gasteiger charge is -2.28. The maximum atomic E-state index is 13.8. The highest BCUT2D eigenvalue weighted by Gasteiger charge is 2.38. The maximum absolute atomic E-state index is 13.8. The molecule has 0 atom stereocenters. The molecule has 1 aromatic rings. The Morgan fingerprint density at radius 1 is 0.778 bits per heavy atom. The third kappa shape index (κ3) is 5.11. The molecule has 0 aromatic heterocycles. The van der Waals surface area contributed by atoms with E-state index in [1.165, 1.54) is 25.7 Å². The van der Waals surface area contributed by atoms with Gasteiger partial charge >= 0.3 is 6.18 Å². The Bertz CT molecular complexity index is 637. The van der Waals surface area contributed by atoms with Gasteiger partial charge in [-0.1, -0.05) is 31.9 Å². The quantitative estimate of drug-likeness (QED) is 0.370. The zero-order chi connectivity index (χ0) is 19.6. The number of hydrogen-bond acceptors (Lipinski definition) is 0. The standard InChI is InChI=1S/C22H27F5/c1-14-2-4-15(5-3-14)6-7-16-8-10-17(11-9-16)18-12-19(23)21(20(24)13-18)22(25,26)27/h6-7,12-17H,2-5,8-11H2,1H3/b7-6+/t14-,15-,16-,17-. The highest BCUT2D eigenvalue weighted by molar-refractivity contribution is 5.31. The number of halogens is 5. The molecule has 0 unspecified atom stereocenters. The number of rotatable bonds is 3. The molecule has 3 rings (SSSR count). The van der Waals surface area contributed by atoms with Crippen LogP contribution in [0.3, 0.4) is 0 Å². The molecule has 0 heterocycles. The molecule has 5 heteroatoms. The summed E-state index contributed by atoms with van der Waals surface area (Å²) in [6.45, 7) is 2.30. The average molecular weight is 386 g/mol. The molecule has 2 aliphatic carbocycles. The summed E-state index contributed by atoms with van der Waals surface area (Å²) >= 11 is 0. The van der Waals surface area contributed by atoms with Gasteiger partial charge in [0, 0.05) is 0 Å². The van der Waals surface area contributed by atoms with Crippen molar-refractivity contribution in [3.05, 3.63) is 47.0 Å². The molecule has 0 radical (unpaired) electrons. The fourth-order valence-corrected chi connectivity index (χ4v) is 4.54. The molecular formula is C22H27F5. The van der Waals surface area contributed by atoms with E-state index in [1.807, 2.05) is 0 Å². The Morgan fingerprint density at radius 3 is 1.67 bits per heavy atom. The van der Waals surface area contributed by atoms with E-state index < -0.39 is 23.4 Å². The maximum Gasteiger partial charge on any atom is 0.422 e. The van der Waals surface area contributed by atoms with Gasteiger partial charge in [-0.25, -0.2) is 8.78 Å². The second-order valence-electron chi connectivity index (χ2n) is 8.37. The van der Waals surface area contributed by atoms with Gasteiger partial charge in [0.1, 0.15) is 17.2 Å². The molecule has 0 nitrogen and oxygen atoms in total. The Hall–Kier alpha value is -1.39. The first kappa shape index (κ1) is 20.3. The summed E-state index contributed by atoms with van der Waals surface area (Å²) in [5.74, 6) is -1.13. The predicted molar refractivity (Wildman–Crippen MR) is 96.3 cm³/mol. The largest absolute Gasteiger partial charge is 0.422 e. The second kappa shape index (κ2) is 8.32. The molecule has 0 amide bonds.